The fraction of sp³-hybridized carbons (Fsp3) is 0.917. The van der Waals surface area contributed by atoms with Crippen molar-refractivity contribution < 1.29 is 14.2 Å². The molecule has 92 valence electrons. The van der Waals surface area contributed by atoms with Crippen LogP contribution in [0.2, 0.25) is 0 Å². The molecule has 0 bridgehead atoms. The third-order valence-electron chi connectivity index (χ3n) is 3.43. The maximum atomic E-state index is 5.85. The fourth-order valence-electron chi connectivity index (χ4n) is 2.43. The van der Waals surface area contributed by atoms with Gasteiger partial charge in [-0.2, -0.15) is 11.8 Å². The summed E-state index contributed by atoms with van der Waals surface area (Å²) in [4.78, 5) is 0. The zero-order valence-electron chi connectivity index (χ0n) is 9.98. The van der Waals surface area contributed by atoms with Gasteiger partial charge in [0.05, 0.1) is 24.1 Å². The van der Waals surface area contributed by atoms with Crippen LogP contribution in [0.5, 0.6) is 0 Å². The van der Waals surface area contributed by atoms with E-state index in [4.69, 9.17) is 14.2 Å². The zero-order chi connectivity index (χ0) is 11.4. The summed E-state index contributed by atoms with van der Waals surface area (Å²) in [6, 6.07) is 0. The van der Waals surface area contributed by atoms with Crippen LogP contribution in [0.25, 0.3) is 0 Å². The van der Waals surface area contributed by atoms with Gasteiger partial charge in [0.25, 0.3) is 0 Å². The van der Waals surface area contributed by atoms with E-state index in [1.165, 1.54) is 0 Å². The Morgan fingerprint density at radius 3 is 2.88 bits per heavy atom. The first-order chi connectivity index (χ1) is 7.85. The van der Waals surface area contributed by atoms with E-state index in [0.717, 1.165) is 31.6 Å². The van der Waals surface area contributed by atoms with Gasteiger partial charge < -0.3 is 14.2 Å². The van der Waals surface area contributed by atoms with Crippen LogP contribution in [0.1, 0.15) is 19.3 Å². The first-order valence-electron chi connectivity index (χ1n) is 5.89. The van der Waals surface area contributed by atoms with E-state index < -0.39 is 0 Å². The molecule has 0 aliphatic carbocycles. The maximum Gasteiger partial charge on any atom is 0.0667 e. The lowest BCUT2D eigenvalue weighted by atomic mass is 9.89. The smallest absolute Gasteiger partial charge is 0.0667 e. The summed E-state index contributed by atoms with van der Waals surface area (Å²) in [5, 5.41) is 0. The van der Waals surface area contributed by atoms with E-state index in [1.807, 2.05) is 0 Å². The predicted octanol–water partition coefficient (Wildman–Crippen LogP) is 1.99. The Hall–Kier alpha value is 0.230. The van der Waals surface area contributed by atoms with Gasteiger partial charge in [-0.3, -0.25) is 0 Å². The molecule has 4 atom stereocenters. The minimum Gasteiger partial charge on any atom is -0.381 e. The molecular formula is C12H20O3S. The standard InChI is InChI=1S/C12H20O3S/c1-13-9-3-5-15-12(7-9)10-8-16-6-4-11(10)14-2/h9-12H,3-7H2,1-2H3. The van der Waals surface area contributed by atoms with Crippen molar-refractivity contribution in [2.24, 2.45) is 5.92 Å². The van der Waals surface area contributed by atoms with E-state index in [1.54, 1.807) is 26.0 Å². The first kappa shape index (κ1) is 12.7. The minimum atomic E-state index is 0.219. The van der Waals surface area contributed by atoms with E-state index in [0.29, 0.717) is 12.0 Å². The Kier molecular flexibility index (Phi) is 4.95. The average Bonchev–Trinajstić information content (AvgIpc) is 2.38. The summed E-state index contributed by atoms with van der Waals surface area (Å²) in [6.45, 7) is 0.794. The second-order valence-electron chi connectivity index (χ2n) is 4.35. The van der Waals surface area contributed by atoms with Crippen molar-refractivity contribution >= 4 is 11.8 Å². The number of methoxy groups -OCH3 is 2. The van der Waals surface area contributed by atoms with Gasteiger partial charge in [0.15, 0.2) is 0 Å². The summed E-state index contributed by atoms with van der Waals surface area (Å²) in [5.41, 5.74) is 0. The van der Waals surface area contributed by atoms with E-state index in [-0.39, 0.29) is 12.2 Å². The predicted molar refractivity (Wildman–Crippen MR) is 64.4 cm³/mol. The van der Waals surface area contributed by atoms with Crippen molar-refractivity contribution in [1.29, 1.82) is 0 Å². The van der Waals surface area contributed by atoms with Gasteiger partial charge in [0, 0.05) is 33.2 Å². The quantitative estimate of drug-likeness (QED) is 0.759. The van der Waals surface area contributed by atoms with Crippen LogP contribution in [-0.2, 0) is 14.2 Å². The summed E-state index contributed by atoms with van der Waals surface area (Å²) in [6.07, 6.45) is 3.89. The molecule has 0 aromatic rings. The molecule has 16 heavy (non-hydrogen) atoms. The van der Waals surface area contributed by atoms with Crippen molar-refractivity contribution in [3.8, 4) is 0 Å². The van der Waals surface area contributed by atoms with Crippen LogP contribution in [0.3, 0.4) is 0 Å². The highest BCUT2D eigenvalue weighted by Crippen LogP contribution is 2.36. The largest absolute Gasteiger partial charge is 0.381 e. The SMILES string of the molecule is COC1CCOC(C2[C]SCCC2OC)C1. The van der Waals surface area contributed by atoms with Crippen molar-refractivity contribution in [3.05, 3.63) is 5.75 Å². The molecule has 2 aliphatic heterocycles. The number of rotatable bonds is 3. The van der Waals surface area contributed by atoms with Crippen molar-refractivity contribution in [2.45, 2.75) is 37.6 Å². The summed E-state index contributed by atoms with van der Waals surface area (Å²) in [7, 11) is 3.57. The summed E-state index contributed by atoms with van der Waals surface area (Å²) >= 11 is 1.77. The zero-order valence-corrected chi connectivity index (χ0v) is 10.8. The molecule has 2 saturated heterocycles. The third kappa shape index (κ3) is 2.92. The Bertz CT molecular complexity index is 212. The van der Waals surface area contributed by atoms with Crippen LogP contribution in [0.4, 0.5) is 0 Å². The molecule has 2 radical (unpaired) electrons. The molecule has 0 aromatic heterocycles. The van der Waals surface area contributed by atoms with Gasteiger partial charge in [-0.15, -0.1) is 0 Å². The average molecular weight is 244 g/mol. The number of hydrogen-bond donors (Lipinski definition) is 0. The number of ether oxygens (including phenoxy) is 3. The molecule has 0 N–H and O–H groups in total. The Morgan fingerprint density at radius 2 is 2.12 bits per heavy atom. The van der Waals surface area contributed by atoms with E-state index in [9.17, 15) is 0 Å². The van der Waals surface area contributed by atoms with Crippen molar-refractivity contribution in [1.82, 2.24) is 0 Å². The number of hydrogen-bond acceptors (Lipinski definition) is 4. The molecule has 2 heterocycles. The van der Waals surface area contributed by atoms with Gasteiger partial charge in [0.1, 0.15) is 0 Å². The molecule has 3 nitrogen and oxygen atoms in total. The molecule has 0 saturated carbocycles. The highest BCUT2D eigenvalue weighted by molar-refractivity contribution is 8.01. The van der Waals surface area contributed by atoms with E-state index >= 15 is 0 Å². The molecule has 4 unspecified atom stereocenters. The molecular weight excluding hydrogens is 224 g/mol. The van der Waals surface area contributed by atoms with Crippen molar-refractivity contribution in [2.75, 3.05) is 26.6 Å². The molecule has 2 fully saturated rings. The lowest BCUT2D eigenvalue weighted by Crippen LogP contribution is -2.42. The van der Waals surface area contributed by atoms with Crippen LogP contribution >= 0.6 is 11.8 Å². The molecule has 2 rings (SSSR count). The second-order valence-corrected chi connectivity index (χ2v) is 5.28. The van der Waals surface area contributed by atoms with Gasteiger partial charge in [-0.25, -0.2) is 0 Å². The monoisotopic (exact) mass is 244 g/mol. The topological polar surface area (TPSA) is 27.7 Å². The van der Waals surface area contributed by atoms with Crippen molar-refractivity contribution in [3.63, 3.8) is 0 Å². The van der Waals surface area contributed by atoms with Crippen LogP contribution < -0.4 is 0 Å². The summed E-state index contributed by atoms with van der Waals surface area (Å²) in [5.74, 6) is 4.85. The van der Waals surface area contributed by atoms with Gasteiger partial charge in [-0.1, -0.05) is 0 Å². The van der Waals surface area contributed by atoms with Crippen LogP contribution in [0.15, 0.2) is 0 Å². The highest BCUT2D eigenvalue weighted by Gasteiger charge is 2.36. The third-order valence-corrected chi connectivity index (χ3v) is 4.31. The lowest BCUT2D eigenvalue weighted by molar-refractivity contribution is -0.0998. The highest BCUT2D eigenvalue weighted by atomic mass is 32.2. The molecule has 2 aliphatic rings. The Balaban J connectivity index is 1.93. The lowest BCUT2D eigenvalue weighted by Gasteiger charge is -2.38. The van der Waals surface area contributed by atoms with Crippen LogP contribution in [-0.4, -0.2) is 44.9 Å². The molecule has 4 heteroatoms. The Morgan fingerprint density at radius 1 is 1.25 bits per heavy atom. The molecule has 0 aromatic carbocycles. The normalized spacial score (nSPS) is 40.9. The maximum absolute atomic E-state index is 5.85. The minimum absolute atomic E-state index is 0.219. The molecule has 0 amide bonds. The Labute approximate surface area is 102 Å². The second kappa shape index (κ2) is 6.24. The summed E-state index contributed by atoms with van der Waals surface area (Å²) < 4.78 is 16.8. The van der Waals surface area contributed by atoms with Gasteiger partial charge in [-0.05, 0) is 18.6 Å². The van der Waals surface area contributed by atoms with Crippen LogP contribution in [0, 0.1) is 11.7 Å². The van der Waals surface area contributed by atoms with Gasteiger partial charge >= 0.3 is 0 Å². The number of thioether (sulfide) groups is 1. The first-order valence-corrected chi connectivity index (χ1v) is 6.88. The molecule has 0 spiro atoms. The van der Waals surface area contributed by atoms with Gasteiger partial charge in [0.2, 0.25) is 0 Å². The van der Waals surface area contributed by atoms with E-state index in [2.05, 4.69) is 5.75 Å². The fourth-order valence-corrected chi connectivity index (χ4v) is 3.39.